The molecule has 7 nitrogen and oxygen atoms in total. The Bertz CT molecular complexity index is 1450. The largest absolute Gasteiger partial charge is 0.339 e. The number of aliphatic imine (C=N–C) groups is 1. The van der Waals surface area contributed by atoms with Crippen LogP contribution in [0.15, 0.2) is 88.8 Å². The van der Waals surface area contributed by atoms with Crippen LogP contribution in [-0.4, -0.2) is 31.2 Å². The summed E-state index contributed by atoms with van der Waals surface area (Å²) in [5.74, 6) is -0.201. The number of fused-ring (bicyclic) bond motifs is 1. The first-order valence-corrected chi connectivity index (χ1v) is 13.3. The molecule has 0 spiro atoms. The molecule has 1 N–H and O–H groups in total. The van der Waals surface area contributed by atoms with Crippen molar-refractivity contribution in [2.24, 2.45) is 17.5 Å². The maximum absolute atomic E-state index is 12.6. The van der Waals surface area contributed by atoms with E-state index in [1.807, 2.05) is 44.8 Å². The van der Waals surface area contributed by atoms with E-state index in [4.69, 9.17) is 12.2 Å². The molecular weight excluding hydrogens is 492 g/mol. The van der Waals surface area contributed by atoms with E-state index < -0.39 is 0 Å². The molecule has 2 atom stereocenters. The summed E-state index contributed by atoms with van der Waals surface area (Å²) in [6.07, 6.45) is 23.3. The van der Waals surface area contributed by atoms with E-state index in [1.54, 1.807) is 23.2 Å². The highest BCUT2D eigenvalue weighted by Crippen LogP contribution is 2.45. The predicted octanol–water partition coefficient (Wildman–Crippen LogP) is 6.60. The Morgan fingerprint density at radius 1 is 1.21 bits per heavy atom. The summed E-state index contributed by atoms with van der Waals surface area (Å²) in [6.45, 7) is 10.9. The first-order chi connectivity index (χ1) is 18.1. The first kappa shape index (κ1) is 27.4. The van der Waals surface area contributed by atoms with Gasteiger partial charge in [-0.1, -0.05) is 62.0 Å². The first-order valence-electron chi connectivity index (χ1n) is 12.9. The van der Waals surface area contributed by atoms with Crippen LogP contribution in [0.4, 0.5) is 5.69 Å². The minimum Gasteiger partial charge on any atom is -0.339 e. The maximum atomic E-state index is 12.6. The third-order valence-electron chi connectivity index (χ3n) is 7.25. The van der Waals surface area contributed by atoms with E-state index in [0.717, 1.165) is 24.0 Å². The van der Waals surface area contributed by atoms with Gasteiger partial charge in [0.25, 0.3) is 0 Å². The average Bonchev–Trinajstić information content (AvgIpc) is 3.52. The molecule has 38 heavy (non-hydrogen) atoms. The van der Waals surface area contributed by atoms with Gasteiger partial charge < -0.3 is 14.5 Å². The third kappa shape index (κ3) is 6.07. The normalized spacial score (nSPS) is 21.5. The van der Waals surface area contributed by atoms with Gasteiger partial charge in [-0.25, -0.2) is 9.97 Å². The zero-order valence-corrected chi connectivity index (χ0v) is 23.8. The Hall–Kier alpha value is -3.65. The Kier molecular flexibility index (Phi) is 8.21. The molecule has 2 aromatic rings. The minimum atomic E-state index is -0.379. The van der Waals surface area contributed by atoms with Gasteiger partial charge in [0.1, 0.15) is 16.4 Å². The number of rotatable bonds is 7. The van der Waals surface area contributed by atoms with E-state index in [-0.39, 0.29) is 17.4 Å². The molecule has 0 aromatic carbocycles. The van der Waals surface area contributed by atoms with Gasteiger partial charge in [0, 0.05) is 31.7 Å². The minimum absolute atomic E-state index is 0.130. The molecule has 198 valence electrons. The van der Waals surface area contributed by atoms with Gasteiger partial charge in [0.15, 0.2) is 0 Å². The Morgan fingerprint density at radius 2 is 2.00 bits per heavy atom. The van der Waals surface area contributed by atoms with E-state index >= 15 is 0 Å². The number of aryl methyl sites for hydroxylation is 1. The summed E-state index contributed by atoms with van der Waals surface area (Å²) in [5, 5.41) is 2.94. The summed E-state index contributed by atoms with van der Waals surface area (Å²) in [6, 6.07) is -0.0228. The molecular formula is C30H36N6OS. The number of imidazole rings is 1. The number of carbonyl (C=O) groups excluding carboxylic acids is 1. The maximum Gasteiger partial charge on any atom is 0.245 e. The molecule has 0 radical (unpaired) electrons. The van der Waals surface area contributed by atoms with Crippen LogP contribution in [0, 0.1) is 10.1 Å². The Morgan fingerprint density at radius 3 is 2.74 bits per heavy atom. The van der Waals surface area contributed by atoms with E-state index in [2.05, 4.69) is 70.8 Å². The van der Waals surface area contributed by atoms with Crippen LogP contribution in [0.2, 0.25) is 0 Å². The van der Waals surface area contributed by atoms with Crippen molar-refractivity contribution in [2.75, 3.05) is 0 Å². The Balaban J connectivity index is 1.39. The topological polar surface area (TPSA) is 77.1 Å². The summed E-state index contributed by atoms with van der Waals surface area (Å²) >= 11 is 5.38. The monoisotopic (exact) mass is 528 g/mol. The molecule has 8 heteroatoms. The summed E-state index contributed by atoms with van der Waals surface area (Å²) < 4.78 is 4.55. The highest BCUT2D eigenvalue weighted by Gasteiger charge is 2.32. The number of hydrogen-bond acceptors (Lipinski definition) is 5. The number of carbonyl (C=O) groups is 1. The third-order valence-corrected chi connectivity index (χ3v) is 7.73. The second kappa shape index (κ2) is 11.4. The smallest absolute Gasteiger partial charge is 0.245 e. The lowest BCUT2D eigenvalue weighted by molar-refractivity contribution is -0.116. The lowest BCUT2D eigenvalue weighted by Crippen LogP contribution is -2.27. The van der Waals surface area contributed by atoms with Crippen molar-refractivity contribution in [3.05, 3.63) is 94.1 Å². The molecule has 2 aromatic heterocycles. The van der Waals surface area contributed by atoms with Crippen molar-refractivity contribution >= 4 is 30.0 Å². The van der Waals surface area contributed by atoms with Crippen molar-refractivity contribution < 1.29 is 4.79 Å². The number of amides is 1. The van der Waals surface area contributed by atoms with Crippen LogP contribution in [0.3, 0.4) is 0 Å². The summed E-state index contributed by atoms with van der Waals surface area (Å²) in [4.78, 5) is 25.5. The Labute approximate surface area is 230 Å². The molecule has 2 aliphatic rings. The predicted molar refractivity (Wildman–Crippen MR) is 156 cm³/mol. The molecule has 0 saturated carbocycles. The fourth-order valence-corrected chi connectivity index (χ4v) is 5.23. The number of aromatic nitrogens is 4. The van der Waals surface area contributed by atoms with E-state index in [0.29, 0.717) is 22.1 Å². The van der Waals surface area contributed by atoms with Crippen molar-refractivity contribution in [3.8, 4) is 0 Å². The lowest BCUT2D eigenvalue weighted by atomic mass is 9.71. The van der Waals surface area contributed by atoms with Crippen LogP contribution in [-0.2, 0) is 11.8 Å². The number of nitrogens with zero attached hydrogens (tertiary/aromatic N) is 5. The highest BCUT2D eigenvalue weighted by atomic mass is 32.1. The molecule has 0 bridgehead atoms. The zero-order valence-electron chi connectivity index (χ0n) is 23.0. The van der Waals surface area contributed by atoms with Gasteiger partial charge in [-0.15, -0.1) is 0 Å². The van der Waals surface area contributed by atoms with Crippen molar-refractivity contribution in [3.63, 3.8) is 0 Å². The molecule has 1 aliphatic carbocycles. The fraction of sp³-hybridized carbons (Fsp3) is 0.367. The SMILES string of the molecule is CC1=C(/C=C/C(C)=C/C=C/C(C)=C/C(=O)NC2C=Nc3c2ncn(C)c3=S)C(C)(C)CCC1n1ccnc1. The van der Waals surface area contributed by atoms with Gasteiger partial charge in [0.05, 0.1) is 24.4 Å². The van der Waals surface area contributed by atoms with Gasteiger partial charge >= 0.3 is 0 Å². The molecule has 0 fully saturated rings. The highest BCUT2D eigenvalue weighted by molar-refractivity contribution is 7.71. The molecule has 1 aliphatic heterocycles. The van der Waals surface area contributed by atoms with Crippen LogP contribution >= 0.6 is 12.2 Å². The zero-order chi connectivity index (χ0) is 27.4. The van der Waals surface area contributed by atoms with Crippen LogP contribution in [0.5, 0.6) is 0 Å². The quantitative estimate of drug-likeness (QED) is 0.249. The second-order valence-electron chi connectivity index (χ2n) is 10.7. The summed E-state index contributed by atoms with van der Waals surface area (Å²) in [5.41, 5.74) is 6.21. The van der Waals surface area contributed by atoms with Crippen molar-refractivity contribution in [2.45, 2.75) is 59.5 Å². The molecule has 3 heterocycles. The van der Waals surface area contributed by atoms with Gasteiger partial charge in [-0.05, 0) is 55.7 Å². The van der Waals surface area contributed by atoms with E-state index in [1.165, 1.54) is 11.1 Å². The van der Waals surface area contributed by atoms with Gasteiger partial charge in [-0.3, -0.25) is 9.79 Å². The molecule has 1 amide bonds. The van der Waals surface area contributed by atoms with Crippen LogP contribution < -0.4 is 5.32 Å². The van der Waals surface area contributed by atoms with Crippen LogP contribution in [0.1, 0.15) is 65.2 Å². The number of nitrogens with one attached hydrogen (secondary N) is 1. The summed E-state index contributed by atoms with van der Waals surface area (Å²) in [7, 11) is 1.83. The number of allylic oxidation sites excluding steroid dienone is 9. The van der Waals surface area contributed by atoms with Gasteiger partial charge in [0.2, 0.25) is 5.91 Å². The second-order valence-corrected chi connectivity index (χ2v) is 11.1. The number of hydrogen-bond donors (Lipinski definition) is 1. The average molecular weight is 529 g/mol. The standard InChI is InChI=1S/C30H36N6OS/c1-20(10-11-23-22(3)25(12-13-30(23,4)5)36-15-14-31-18-36)8-7-9-21(2)16-26(37)34-24-17-32-28-27(24)33-19-35(6)29(28)38/h7-11,14-19,24-25H,12-13H2,1-6H3,(H,34,37)/b9-7+,11-10+,20-8+,21-16+. The van der Waals surface area contributed by atoms with E-state index in [9.17, 15) is 4.79 Å². The molecule has 2 unspecified atom stereocenters. The van der Waals surface area contributed by atoms with Crippen molar-refractivity contribution in [1.29, 1.82) is 0 Å². The van der Waals surface area contributed by atoms with Crippen molar-refractivity contribution in [1.82, 2.24) is 24.4 Å². The lowest BCUT2D eigenvalue weighted by Gasteiger charge is -2.37. The molecule has 4 rings (SSSR count). The van der Waals surface area contributed by atoms with Crippen LogP contribution in [0.25, 0.3) is 0 Å². The van der Waals surface area contributed by atoms with Gasteiger partial charge in [-0.2, -0.15) is 0 Å². The fourth-order valence-electron chi connectivity index (χ4n) is 5.03. The molecule has 0 saturated heterocycles.